The number of hydrogen-bond donors (Lipinski definition) is 1. The summed E-state index contributed by atoms with van der Waals surface area (Å²) in [5.74, 6) is -2.45. The number of ether oxygens (including phenoxy) is 1. The number of anilines is 1. The molecule has 1 N–H and O–H groups in total. The average molecular weight is 425 g/mol. The molecule has 29 heavy (non-hydrogen) atoms. The molecule has 3 rings (SSSR count). The molecular weight excluding hydrogens is 407 g/mol. The Hall–Kier alpha value is -2.88. The van der Waals surface area contributed by atoms with E-state index in [2.05, 4.69) is 10.3 Å². The van der Waals surface area contributed by atoms with Crippen LogP contribution in [0.25, 0.3) is 11.0 Å². The Labute approximate surface area is 168 Å². The minimum atomic E-state index is -4.72. The molecule has 154 valence electrons. The average Bonchev–Trinajstić information content (AvgIpc) is 3.13. The smallest absolute Gasteiger partial charge is 0.449 e. The summed E-state index contributed by atoms with van der Waals surface area (Å²) >= 11 is 1.17. The van der Waals surface area contributed by atoms with E-state index in [0.29, 0.717) is 5.56 Å². The minimum absolute atomic E-state index is 0.141. The van der Waals surface area contributed by atoms with Crippen LogP contribution in [0.1, 0.15) is 33.5 Å². The van der Waals surface area contributed by atoms with Gasteiger partial charge < -0.3 is 14.6 Å². The van der Waals surface area contributed by atoms with Crippen molar-refractivity contribution < 1.29 is 27.5 Å². The summed E-state index contributed by atoms with van der Waals surface area (Å²) in [7, 11) is 0. The molecular formula is C19H18F3N3O3S. The molecule has 0 atom stereocenters. The van der Waals surface area contributed by atoms with Gasteiger partial charge in [-0.25, -0.2) is 9.78 Å². The minimum Gasteiger partial charge on any atom is -0.462 e. The van der Waals surface area contributed by atoms with Crippen molar-refractivity contribution in [2.24, 2.45) is 0 Å². The molecule has 2 aromatic heterocycles. The molecule has 1 aromatic carbocycles. The summed E-state index contributed by atoms with van der Waals surface area (Å²) in [6.45, 7) is 4.72. The van der Waals surface area contributed by atoms with Crippen LogP contribution in [0.4, 0.5) is 18.2 Å². The lowest BCUT2D eigenvalue weighted by molar-refractivity contribution is -0.147. The standard InChI is InChI=1S/C19H18F3N3O3S/c1-4-28-17(27)15-10(2)11(3)29-16(15)24-14(26)9-25-13-8-6-5-7-12(13)23-18(25)19(20,21)22/h5-8H,4,9H2,1-3H3,(H,24,26). The van der Waals surface area contributed by atoms with E-state index in [4.69, 9.17) is 4.74 Å². The van der Waals surface area contributed by atoms with Gasteiger partial charge in [0.05, 0.1) is 23.2 Å². The number of rotatable bonds is 5. The van der Waals surface area contributed by atoms with E-state index in [9.17, 15) is 22.8 Å². The second-order valence-electron chi connectivity index (χ2n) is 6.26. The van der Waals surface area contributed by atoms with Crippen LogP contribution in [0, 0.1) is 13.8 Å². The van der Waals surface area contributed by atoms with Crippen LogP contribution in [-0.2, 0) is 22.3 Å². The number of amides is 1. The number of thiophene rings is 1. The predicted molar refractivity (Wildman–Crippen MR) is 103 cm³/mol. The summed E-state index contributed by atoms with van der Waals surface area (Å²) in [6.07, 6.45) is -4.72. The normalized spacial score (nSPS) is 11.7. The molecule has 0 aliphatic carbocycles. The molecule has 0 aliphatic heterocycles. The topological polar surface area (TPSA) is 73.2 Å². The monoisotopic (exact) mass is 425 g/mol. The first-order chi connectivity index (χ1) is 13.6. The summed E-state index contributed by atoms with van der Waals surface area (Å²) < 4.78 is 46.0. The molecule has 0 fully saturated rings. The zero-order valence-corrected chi connectivity index (χ0v) is 16.7. The van der Waals surface area contributed by atoms with Gasteiger partial charge in [0.15, 0.2) is 0 Å². The van der Waals surface area contributed by atoms with Crippen LogP contribution < -0.4 is 5.32 Å². The van der Waals surface area contributed by atoms with Crippen molar-refractivity contribution in [2.75, 3.05) is 11.9 Å². The van der Waals surface area contributed by atoms with E-state index >= 15 is 0 Å². The lowest BCUT2D eigenvalue weighted by atomic mass is 10.1. The molecule has 2 heterocycles. The van der Waals surface area contributed by atoms with E-state index in [1.54, 1.807) is 32.9 Å². The van der Waals surface area contributed by atoms with Crippen LogP contribution in [0.3, 0.4) is 0 Å². The number of alkyl halides is 3. The molecule has 0 aliphatic rings. The lowest BCUT2D eigenvalue weighted by Gasteiger charge is -2.12. The first-order valence-corrected chi connectivity index (χ1v) is 9.54. The van der Waals surface area contributed by atoms with E-state index < -0.39 is 30.4 Å². The van der Waals surface area contributed by atoms with Crippen molar-refractivity contribution in [3.63, 3.8) is 0 Å². The predicted octanol–water partition coefficient (Wildman–Crippen LogP) is 4.55. The largest absolute Gasteiger partial charge is 0.462 e. The van der Waals surface area contributed by atoms with Gasteiger partial charge in [-0.15, -0.1) is 11.3 Å². The lowest BCUT2D eigenvalue weighted by Crippen LogP contribution is -2.23. The highest BCUT2D eigenvalue weighted by atomic mass is 32.1. The molecule has 0 saturated carbocycles. The van der Waals surface area contributed by atoms with Crippen molar-refractivity contribution in [2.45, 2.75) is 33.5 Å². The first-order valence-electron chi connectivity index (χ1n) is 8.72. The van der Waals surface area contributed by atoms with Gasteiger partial charge in [-0.2, -0.15) is 13.2 Å². The Morgan fingerprint density at radius 2 is 1.93 bits per heavy atom. The van der Waals surface area contributed by atoms with Gasteiger partial charge in [0.2, 0.25) is 11.7 Å². The maximum absolute atomic E-state index is 13.4. The first kappa shape index (κ1) is 20.8. The Kier molecular flexibility index (Phi) is 5.65. The molecule has 1 amide bonds. The third-order valence-electron chi connectivity index (χ3n) is 4.33. The fraction of sp³-hybridized carbons (Fsp3) is 0.316. The van der Waals surface area contributed by atoms with Crippen molar-refractivity contribution in [3.8, 4) is 0 Å². The molecule has 0 radical (unpaired) electrons. The summed E-state index contributed by atoms with van der Waals surface area (Å²) in [6, 6.07) is 6.06. The number of hydrogen-bond acceptors (Lipinski definition) is 5. The third kappa shape index (κ3) is 4.12. The maximum Gasteiger partial charge on any atom is 0.449 e. The molecule has 0 bridgehead atoms. The van der Waals surface area contributed by atoms with E-state index in [0.717, 1.165) is 9.44 Å². The van der Waals surface area contributed by atoms with Crippen molar-refractivity contribution in [1.29, 1.82) is 0 Å². The number of aromatic nitrogens is 2. The molecule has 0 unspecified atom stereocenters. The van der Waals surface area contributed by atoms with Crippen LogP contribution in [-0.4, -0.2) is 28.0 Å². The number of carbonyl (C=O) groups excluding carboxylic acids is 2. The van der Waals surface area contributed by atoms with Gasteiger partial charge in [-0.3, -0.25) is 4.79 Å². The Morgan fingerprint density at radius 1 is 1.24 bits per heavy atom. The number of carbonyl (C=O) groups is 2. The number of esters is 1. The Morgan fingerprint density at radius 3 is 2.59 bits per heavy atom. The van der Waals surface area contributed by atoms with E-state index in [1.165, 1.54) is 23.5 Å². The van der Waals surface area contributed by atoms with Crippen LogP contribution >= 0.6 is 11.3 Å². The number of nitrogens with one attached hydrogen (secondary N) is 1. The number of fused-ring (bicyclic) bond motifs is 1. The third-order valence-corrected chi connectivity index (χ3v) is 5.45. The maximum atomic E-state index is 13.4. The van der Waals surface area contributed by atoms with Crippen LogP contribution in [0.2, 0.25) is 0 Å². The quantitative estimate of drug-likeness (QED) is 0.609. The van der Waals surface area contributed by atoms with Gasteiger partial charge in [-0.05, 0) is 38.5 Å². The molecule has 10 heteroatoms. The SMILES string of the molecule is CCOC(=O)c1c(NC(=O)Cn2c(C(F)(F)F)nc3ccccc32)sc(C)c1C. The number of imidazole rings is 1. The van der Waals surface area contributed by atoms with Crippen molar-refractivity contribution in [3.05, 3.63) is 46.1 Å². The van der Waals surface area contributed by atoms with Gasteiger partial charge in [-0.1, -0.05) is 12.1 Å². The number of benzene rings is 1. The second kappa shape index (κ2) is 7.86. The van der Waals surface area contributed by atoms with Gasteiger partial charge in [0.1, 0.15) is 11.5 Å². The zero-order valence-electron chi connectivity index (χ0n) is 15.9. The van der Waals surface area contributed by atoms with E-state index in [1.807, 2.05) is 0 Å². The highest BCUT2D eigenvalue weighted by Crippen LogP contribution is 2.34. The van der Waals surface area contributed by atoms with Gasteiger partial charge in [0, 0.05) is 4.88 Å². The molecule has 0 spiro atoms. The Balaban J connectivity index is 1.93. The van der Waals surface area contributed by atoms with Gasteiger partial charge in [0.25, 0.3) is 0 Å². The molecule has 0 saturated heterocycles. The van der Waals surface area contributed by atoms with Crippen molar-refractivity contribution >= 4 is 39.2 Å². The fourth-order valence-electron chi connectivity index (χ4n) is 2.93. The number of para-hydroxylation sites is 2. The zero-order chi connectivity index (χ0) is 21.3. The highest BCUT2D eigenvalue weighted by molar-refractivity contribution is 7.16. The summed E-state index contributed by atoms with van der Waals surface area (Å²) in [5.41, 5.74) is 1.21. The molecule has 6 nitrogen and oxygen atoms in total. The van der Waals surface area contributed by atoms with Crippen LogP contribution in [0.5, 0.6) is 0 Å². The second-order valence-corrected chi connectivity index (χ2v) is 7.49. The van der Waals surface area contributed by atoms with Crippen LogP contribution in [0.15, 0.2) is 24.3 Å². The Bertz CT molecular complexity index is 1090. The van der Waals surface area contributed by atoms with Crippen molar-refractivity contribution in [1.82, 2.24) is 9.55 Å². The fourth-order valence-corrected chi connectivity index (χ4v) is 3.99. The summed E-state index contributed by atoms with van der Waals surface area (Å²) in [4.78, 5) is 29.2. The summed E-state index contributed by atoms with van der Waals surface area (Å²) in [5, 5.41) is 2.81. The number of nitrogens with zero attached hydrogens (tertiary/aromatic N) is 2. The number of aryl methyl sites for hydroxylation is 1. The van der Waals surface area contributed by atoms with E-state index in [-0.39, 0.29) is 28.2 Å². The molecule has 3 aromatic rings. The highest BCUT2D eigenvalue weighted by Gasteiger charge is 2.38. The number of halogens is 3. The van der Waals surface area contributed by atoms with Gasteiger partial charge >= 0.3 is 12.1 Å².